The van der Waals surface area contributed by atoms with Crippen LogP contribution in [0.5, 0.6) is 0 Å². The minimum atomic E-state index is -1.06. The third-order valence-corrected chi connectivity index (χ3v) is 3.20. The summed E-state index contributed by atoms with van der Waals surface area (Å²) in [5, 5.41) is 20.0. The third kappa shape index (κ3) is 5.86. The standard InChI is InChI=1S/C15H24O5/c1-11-9-12(16)15(18)13(19-2)7-5-3-4-6-8-14(17)20-10-11/h5,7,9,12-13,15-16,18H,3-4,6,8,10H2,1-2H3/b7-5-,11-9+/t12-,13?,15+/m1/s1. The number of carbonyl (C=O) groups is 1. The molecule has 2 N–H and O–H groups in total. The van der Waals surface area contributed by atoms with E-state index in [9.17, 15) is 15.0 Å². The Labute approximate surface area is 119 Å². The van der Waals surface area contributed by atoms with E-state index in [1.807, 2.05) is 6.08 Å². The van der Waals surface area contributed by atoms with Crippen molar-refractivity contribution in [3.63, 3.8) is 0 Å². The van der Waals surface area contributed by atoms with Gasteiger partial charge in [0.2, 0.25) is 0 Å². The molecular formula is C15H24O5. The van der Waals surface area contributed by atoms with E-state index in [4.69, 9.17) is 9.47 Å². The van der Waals surface area contributed by atoms with Crippen molar-refractivity contribution in [2.24, 2.45) is 0 Å². The predicted octanol–water partition coefficient (Wildman–Crippen LogP) is 1.34. The summed E-state index contributed by atoms with van der Waals surface area (Å²) < 4.78 is 10.3. The molecule has 0 radical (unpaired) electrons. The molecule has 0 aromatic rings. The van der Waals surface area contributed by atoms with Crippen LogP contribution in [0.2, 0.25) is 0 Å². The van der Waals surface area contributed by atoms with Crippen molar-refractivity contribution in [2.45, 2.75) is 50.9 Å². The summed E-state index contributed by atoms with van der Waals surface area (Å²) in [5.41, 5.74) is 0.695. The molecule has 0 bridgehead atoms. The Kier molecular flexibility index (Phi) is 7.51. The Morgan fingerprint density at radius 3 is 2.80 bits per heavy atom. The van der Waals surface area contributed by atoms with Gasteiger partial charge >= 0.3 is 5.97 Å². The van der Waals surface area contributed by atoms with Crippen molar-refractivity contribution < 1.29 is 24.5 Å². The van der Waals surface area contributed by atoms with Crippen molar-refractivity contribution in [1.82, 2.24) is 0 Å². The Balaban J connectivity index is 2.78. The molecule has 0 aliphatic carbocycles. The Morgan fingerprint density at radius 1 is 1.35 bits per heavy atom. The number of aliphatic hydroxyl groups excluding tert-OH is 2. The van der Waals surface area contributed by atoms with Crippen molar-refractivity contribution >= 4 is 5.97 Å². The first kappa shape index (κ1) is 16.9. The molecule has 0 spiro atoms. The van der Waals surface area contributed by atoms with Crippen LogP contribution in [-0.4, -0.2) is 48.2 Å². The fraction of sp³-hybridized carbons (Fsp3) is 0.667. The molecule has 1 unspecified atom stereocenters. The highest BCUT2D eigenvalue weighted by Crippen LogP contribution is 2.12. The highest BCUT2D eigenvalue weighted by Gasteiger charge is 2.23. The molecule has 114 valence electrons. The van der Waals surface area contributed by atoms with Gasteiger partial charge in [0.25, 0.3) is 0 Å². The summed E-state index contributed by atoms with van der Waals surface area (Å²) >= 11 is 0. The molecule has 0 saturated heterocycles. The molecule has 1 heterocycles. The lowest BCUT2D eigenvalue weighted by Crippen LogP contribution is -2.36. The van der Waals surface area contributed by atoms with Gasteiger partial charge in [0.1, 0.15) is 24.9 Å². The van der Waals surface area contributed by atoms with Gasteiger partial charge in [0.05, 0.1) is 0 Å². The van der Waals surface area contributed by atoms with Crippen molar-refractivity contribution in [3.8, 4) is 0 Å². The third-order valence-electron chi connectivity index (χ3n) is 3.20. The average Bonchev–Trinajstić information content (AvgIpc) is 2.43. The molecule has 1 aliphatic rings. The van der Waals surface area contributed by atoms with Crippen LogP contribution in [-0.2, 0) is 14.3 Å². The Hall–Kier alpha value is -1.17. The topological polar surface area (TPSA) is 76.0 Å². The Morgan fingerprint density at radius 2 is 2.10 bits per heavy atom. The highest BCUT2D eigenvalue weighted by atomic mass is 16.5. The highest BCUT2D eigenvalue weighted by molar-refractivity contribution is 5.69. The van der Waals surface area contributed by atoms with Crippen LogP contribution < -0.4 is 0 Å². The van der Waals surface area contributed by atoms with Gasteiger partial charge in [-0.25, -0.2) is 0 Å². The molecule has 0 fully saturated rings. The first-order valence-corrected chi connectivity index (χ1v) is 6.93. The quantitative estimate of drug-likeness (QED) is 0.561. The number of hydrogen-bond donors (Lipinski definition) is 2. The van der Waals surface area contributed by atoms with Crippen LogP contribution in [0.1, 0.15) is 32.6 Å². The number of cyclic esters (lactones) is 1. The summed E-state index contributed by atoms with van der Waals surface area (Å²) in [5.74, 6) is -0.233. The van der Waals surface area contributed by atoms with Gasteiger partial charge < -0.3 is 19.7 Å². The summed E-state index contributed by atoms with van der Waals surface area (Å²) in [6.07, 6.45) is 5.31. The zero-order chi connectivity index (χ0) is 15.0. The van der Waals surface area contributed by atoms with Crippen LogP contribution in [0.4, 0.5) is 0 Å². The molecule has 0 aromatic carbocycles. The molecule has 1 rings (SSSR count). The van der Waals surface area contributed by atoms with E-state index < -0.39 is 18.3 Å². The second kappa shape index (κ2) is 8.89. The minimum absolute atomic E-state index is 0.135. The molecule has 5 nitrogen and oxygen atoms in total. The fourth-order valence-electron chi connectivity index (χ4n) is 1.99. The number of rotatable bonds is 1. The molecule has 0 aromatic heterocycles. The molecule has 0 saturated carbocycles. The number of carbonyl (C=O) groups excluding carboxylic acids is 1. The first-order valence-electron chi connectivity index (χ1n) is 6.93. The summed E-state index contributed by atoms with van der Waals surface area (Å²) in [4.78, 5) is 11.4. The maximum atomic E-state index is 11.4. The predicted molar refractivity (Wildman–Crippen MR) is 75.1 cm³/mol. The van der Waals surface area contributed by atoms with E-state index in [1.165, 1.54) is 13.2 Å². The van der Waals surface area contributed by atoms with Gasteiger partial charge in [-0.1, -0.05) is 18.2 Å². The number of ether oxygens (including phenoxy) is 2. The normalized spacial score (nSPS) is 34.5. The summed E-state index contributed by atoms with van der Waals surface area (Å²) in [6.45, 7) is 1.88. The van der Waals surface area contributed by atoms with Gasteiger partial charge in [-0.3, -0.25) is 4.79 Å². The molecule has 20 heavy (non-hydrogen) atoms. The molecule has 0 amide bonds. The lowest BCUT2D eigenvalue weighted by molar-refractivity contribution is -0.142. The zero-order valence-electron chi connectivity index (χ0n) is 12.1. The number of methoxy groups -OCH3 is 1. The number of aliphatic hydroxyl groups is 2. The van der Waals surface area contributed by atoms with Crippen LogP contribution in [0.3, 0.4) is 0 Å². The second-order valence-electron chi connectivity index (χ2n) is 5.03. The van der Waals surface area contributed by atoms with Gasteiger partial charge in [0, 0.05) is 13.5 Å². The Bertz CT molecular complexity index is 361. The average molecular weight is 284 g/mol. The van der Waals surface area contributed by atoms with Crippen molar-refractivity contribution in [1.29, 1.82) is 0 Å². The smallest absolute Gasteiger partial charge is 0.306 e. The van der Waals surface area contributed by atoms with Gasteiger partial charge in [-0.2, -0.15) is 0 Å². The zero-order valence-corrected chi connectivity index (χ0v) is 12.1. The molecule has 5 heteroatoms. The van der Waals surface area contributed by atoms with Crippen LogP contribution in [0.25, 0.3) is 0 Å². The number of esters is 1. The van der Waals surface area contributed by atoms with E-state index in [-0.39, 0.29) is 12.6 Å². The van der Waals surface area contributed by atoms with E-state index in [1.54, 1.807) is 13.0 Å². The van der Waals surface area contributed by atoms with Crippen LogP contribution in [0, 0.1) is 0 Å². The first-order chi connectivity index (χ1) is 9.54. The van der Waals surface area contributed by atoms with E-state index in [0.717, 1.165) is 19.3 Å². The lowest BCUT2D eigenvalue weighted by Gasteiger charge is -2.22. The lowest BCUT2D eigenvalue weighted by atomic mass is 10.0. The molecule has 3 atom stereocenters. The molecule has 1 aliphatic heterocycles. The summed E-state index contributed by atoms with van der Waals surface area (Å²) in [7, 11) is 1.49. The van der Waals surface area contributed by atoms with Gasteiger partial charge in [0.15, 0.2) is 0 Å². The molecular weight excluding hydrogens is 260 g/mol. The monoisotopic (exact) mass is 284 g/mol. The van der Waals surface area contributed by atoms with Gasteiger partial charge in [-0.15, -0.1) is 0 Å². The SMILES string of the molecule is COC1/C=C\CCCCC(=O)OC/C(C)=C/[C@@H](O)[C@@H]1O. The minimum Gasteiger partial charge on any atom is -0.461 e. The van der Waals surface area contributed by atoms with E-state index in [0.29, 0.717) is 12.0 Å². The largest absolute Gasteiger partial charge is 0.461 e. The van der Waals surface area contributed by atoms with Crippen LogP contribution >= 0.6 is 0 Å². The number of allylic oxidation sites excluding steroid dienone is 1. The van der Waals surface area contributed by atoms with Crippen molar-refractivity contribution in [3.05, 3.63) is 23.8 Å². The van der Waals surface area contributed by atoms with Crippen molar-refractivity contribution in [2.75, 3.05) is 13.7 Å². The van der Waals surface area contributed by atoms with Gasteiger partial charge in [-0.05, 0) is 31.8 Å². The van der Waals surface area contributed by atoms with E-state index >= 15 is 0 Å². The maximum Gasteiger partial charge on any atom is 0.306 e. The van der Waals surface area contributed by atoms with Crippen LogP contribution in [0.15, 0.2) is 23.8 Å². The number of hydrogen-bond acceptors (Lipinski definition) is 5. The maximum absolute atomic E-state index is 11.4. The summed E-state index contributed by atoms with van der Waals surface area (Å²) in [6, 6.07) is 0. The second-order valence-corrected chi connectivity index (χ2v) is 5.03. The fourth-order valence-corrected chi connectivity index (χ4v) is 1.99. The van der Waals surface area contributed by atoms with E-state index in [2.05, 4.69) is 0 Å².